The zero-order valence-corrected chi connectivity index (χ0v) is 16.2. The fourth-order valence-electron chi connectivity index (χ4n) is 3.23. The number of carbonyl (C=O) groups excluding carboxylic acids is 2. The van der Waals surface area contributed by atoms with Crippen LogP contribution in [0.1, 0.15) is 13.8 Å². The minimum atomic E-state index is -0.529. The molecule has 28 heavy (non-hydrogen) atoms. The Labute approximate surface area is 163 Å². The fraction of sp³-hybridized carbons (Fsp3) is 0.333. The van der Waals surface area contributed by atoms with Crippen LogP contribution >= 0.6 is 0 Å². The Morgan fingerprint density at radius 1 is 1.11 bits per heavy atom. The monoisotopic (exact) mass is 385 g/mol. The molecule has 148 valence electrons. The van der Waals surface area contributed by atoms with Crippen LogP contribution in [-0.2, 0) is 4.79 Å². The molecule has 1 aliphatic rings. The number of nitrogens with one attached hydrogen (secondary N) is 1. The standard InChI is InChI=1S/C21H24FN3O3/c1-14(2)19-20(26)24(3)12-13-25(19)21(27)23-16-9-5-7-11-18(16)28-17-10-6-4-8-15(17)22/h4-11,14,19H,12-13H2,1-3H3,(H,23,27)/t19-/m0/s1. The molecule has 1 heterocycles. The Hall–Kier alpha value is -3.09. The number of carbonyl (C=O) groups is 2. The molecule has 2 aromatic carbocycles. The number of hydrogen-bond donors (Lipinski definition) is 1. The molecule has 0 aliphatic carbocycles. The average molecular weight is 385 g/mol. The first-order chi connectivity index (χ1) is 13.4. The Morgan fingerprint density at radius 3 is 2.43 bits per heavy atom. The van der Waals surface area contributed by atoms with Crippen molar-refractivity contribution < 1.29 is 18.7 Å². The third-order valence-electron chi connectivity index (χ3n) is 4.72. The van der Waals surface area contributed by atoms with E-state index in [4.69, 9.17) is 4.74 Å². The largest absolute Gasteiger partial charge is 0.452 e. The van der Waals surface area contributed by atoms with Crippen LogP contribution in [0.25, 0.3) is 0 Å². The average Bonchev–Trinajstić information content (AvgIpc) is 2.66. The quantitative estimate of drug-likeness (QED) is 0.867. The number of likely N-dealkylation sites (N-methyl/N-ethyl adjacent to an activating group) is 1. The van der Waals surface area contributed by atoms with Crippen molar-refractivity contribution in [3.05, 3.63) is 54.3 Å². The van der Waals surface area contributed by atoms with Crippen molar-refractivity contribution in [3.8, 4) is 11.5 Å². The summed E-state index contributed by atoms with van der Waals surface area (Å²) < 4.78 is 19.6. The van der Waals surface area contributed by atoms with Crippen LogP contribution in [0.5, 0.6) is 11.5 Å². The van der Waals surface area contributed by atoms with E-state index in [-0.39, 0.29) is 23.6 Å². The lowest BCUT2D eigenvalue weighted by atomic mass is 9.99. The molecule has 1 aliphatic heterocycles. The third kappa shape index (κ3) is 4.08. The molecule has 3 rings (SSSR count). The smallest absolute Gasteiger partial charge is 0.322 e. The van der Waals surface area contributed by atoms with Crippen molar-refractivity contribution in [1.82, 2.24) is 9.80 Å². The van der Waals surface area contributed by atoms with Gasteiger partial charge in [0.1, 0.15) is 6.04 Å². The highest BCUT2D eigenvalue weighted by Gasteiger charge is 2.38. The van der Waals surface area contributed by atoms with E-state index in [1.165, 1.54) is 12.1 Å². The number of piperazine rings is 1. The van der Waals surface area contributed by atoms with Gasteiger partial charge in [-0.2, -0.15) is 0 Å². The lowest BCUT2D eigenvalue weighted by Gasteiger charge is -2.40. The number of nitrogens with zero attached hydrogens (tertiary/aromatic N) is 2. The van der Waals surface area contributed by atoms with E-state index in [1.54, 1.807) is 53.2 Å². The molecule has 1 atom stereocenters. The van der Waals surface area contributed by atoms with Crippen molar-refractivity contribution in [3.63, 3.8) is 0 Å². The molecule has 7 heteroatoms. The predicted molar refractivity (Wildman–Crippen MR) is 105 cm³/mol. The van der Waals surface area contributed by atoms with E-state index in [9.17, 15) is 14.0 Å². The molecule has 3 amide bonds. The van der Waals surface area contributed by atoms with Crippen LogP contribution in [0, 0.1) is 11.7 Å². The molecule has 6 nitrogen and oxygen atoms in total. The van der Waals surface area contributed by atoms with Crippen LogP contribution in [0.3, 0.4) is 0 Å². The first-order valence-corrected chi connectivity index (χ1v) is 9.22. The van der Waals surface area contributed by atoms with Crippen molar-refractivity contribution >= 4 is 17.6 Å². The maximum absolute atomic E-state index is 13.9. The molecule has 0 saturated carbocycles. The zero-order chi connectivity index (χ0) is 20.3. The van der Waals surface area contributed by atoms with Gasteiger partial charge in [0, 0.05) is 20.1 Å². The van der Waals surface area contributed by atoms with Crippen molar-refractivity contribution in [2.45, 2.75) is 19.9 Å². The van der Waals surface area contributed by atoms with Gasteiger partial charge in [-0.1, -0.05) is 38.1 Å². The van der Waals surface area contributed by atoms with Gasteiger partial charge in [0.25, 0.3) is 0 Å². The predicted octanol–water partition coefficient (Wildman–Crippen LogP) is 3.95. The van der Waals surface area contributed by atoms with E-state index in [0.717, 1.165) is 0 Å². The zero-order valence-electron chi connectivity index (χ0n) is 16.2. The number of rotatable bonds is 4. The number of hydrogen-bond acceptors (Lipinski definition) is 3. The van der Waals surface area contributed by atoms with Gasteiger partial charge in [0.05, 0.1) is 5.69 Å². The van der Waals surface area contributed by atoms with E-state index < -0.39 is 11.9 Å². The summed E-state index contributed by atoms with van der Waals surface area (Å²) >= 11 is 0. The Bertz CT molecular complexity index is 871. The summed E-state index contributed by atoms with van der Waals surface area (Å²) in [5, 5.41) is 2.81. The summed E-state index contributed by atoms with van der Waals surface area (Å²) in [6.45, 7) is 4.74. The normalized spacial score (nSPS) is 17.0. The minimum absolute atomic E-state index is 0.0223. The van der Waals surface area contributed by atoms with Gasteiger partial charge in [0.2, 0.25) is 5.91 Å². The van der Waals surface area contributed by atoms with Crippen LogP contribution in [0.2, 0.25) is 0 Å². The second kappa shape index (κ2) is 8.29. The first-order valence-electron chi connectivity index (χ1n) is 9.22. The highest BCUT2D eigenvalue weighted by molar-refractivity contribution is 5.95. The molecule has 0 spiro atoms. The molecule has 0 bridgehead atoms. The lowest BCUT2D eigenvalue weighted by molar-refractivity contribution is -0.139. The minimum Gasteiger partial charge on any atom is -0.452 e. The van der Waals surface area contributed by atoms with Gasteiger partial charge in [0.15, 0.2) is 17.3 Å². The summed E-state index contributed by atoms with van der Waals surface area (Å²) in [6.07, 6.45) is 0. The fourth-order valence-corrected chi connectivity index (χ4v) is 3.23. The van der Waals surface area contributed by atoms with Crippen LogP contribution in [0.4, 0.5) is 14.9 Å². The number of amides is 3. The Kier molecular flexibility index (Phi) is 5.82. The summed E-state index contributed by atoms with van der Waals surface area (Å²) in [7, 11) is 1.74. The van der Waals surface area contributed by atoms with E-state index in [1.807, 2.05) is 13.8 Å². The SMILES string of the molecule is CC(C)[C@H]1C(=O)N(C)CCN1C(=O)Nc1ccccc1Oc1ccccc1F. The van der Waals surface area contributed by atoms with E-state index in [0.29, 0.717) is 24.5 Å². The van der Waals surface area contributed by atoms with Crippen LogP contribution < -0.4 is 10.1 Å². The first kappa shape index (κ1) is 19.7. The maximum atomic E-state index is 13.9. The summed E-state index contributed by atoms with van der Waals surface area (Å²) in [6, 6.07) is 12.0. The molecule has 0 radical (unpaired) electrons. The highest BCUT2D eigenvalue weighted by Crippen LogP contribution is 2.31. The summed E-state index contributed by atoms with van der Waals surface area (Å²) in [4.78, 5) is 28.6. The summed E-state index contributed by atoms with van der Waals surface area (Å²) in [5.74, 6) is -0.201. The number of urea groups is 1. The Morgan fingerprint density at radius 2 is 1.75 bits per heavy atom. The third-order valence-corrected chi connectivity index (χ3v) is 4.72. The van der Waals surface area contributed by atoms with Crippen molar-refractivity contribution in [2.24, 2.45) is 5.92 Å². The molecule has 0 aromatic heterocycles. The number of anilines is 1. The van der Waals surface area contributed by atoms with Gasteiger partial charge < -0.3 is 19.9 Å². The van der Waals surface area contributed by atoms with Crippen LogP contribution in [0.15, 0.2) is 48.5 Å². The van der Waals surface area contributed by atoms with Crippen molar-refractivity contribution in [1.29, 1.82) is 0 Å². The van der Waals surface area contributed by atoms with Crippen molar-refractivity contribution in [2.75, 3.05) is 25.5 Å². The van der Waals surface area contributed by atoms with Gasteiger partial charge in [-0.25, -0.2) is 9.18 Å². The number of ether oxygens (including phenoxy) is 1. The van der Waals surface area contributed by atoms with Crippen LogP contribution in [-0.4, -0.2) is 47.9 Å². The van der Waals surface area contributed by atoms with Gasteiger partial charge in [-0.15, -0.1) is 0 Å². The topological polar surface area (TPSA) is 61.9 Å². The second-order valence-electron chi connectivity index (χ2n) is 7.10. The maximum Gasteiger partial charge on any atom is 0.322 e. The van der Waals surface area contributed by atoms with E-state index >= 15 is 0 Å². The lowest BCUT2D eigenvalue weighted by Crippen LogP contribution is -2.60. The second-order valence-corrected chi connectivity index (χ2v) is 7.10. The molecule has 0 unspecified atom stereocenters. The number of para-hydroxylation sites is 3. The van der Waals surface area contributed by atoms with Gasteiger partial charge in [-0.05, 0) is 30.2 Å². The molecular formula is C21H24FN3O3. The van der Waals surface area contributed by atoms with Gasteiger partial charge >= 0.3 is 6.03 Å². The molecular weight excluding hydrogens is 361 g/mol. The number of benzene rings is 2. The Balaban J connectivity index is 1.81. The molecule has 1 saturated heterocycles. The van der Waals surface area contributed by atoms with Gasteiger partial charge in [-0.3, -0.25) is 4.79 Å². The van der Waals surface area contributed by atoms with E-state index in [2.05, 4.69) is 5.32 Å². The molecule has 1 N–H and O–H groups in total. The highest BCUT2D eigenvalue weighted by atomic mass is 19.1. The molecule has 1 fully saturated rings. The summed E-state index contributed by atoms with van der Waals surface area (Å²) in [5.41, 5.74) is 0.407. The molecule has 2 aromatic rings. The number of halogens is 1.